The normalized spacial score (nSPS) is 10.4. The minimum absolute atomic E-state index is 0.398. The van der Waals surface area contributed by atoms with Crippen LogP contribution in [0.4, 0.5) is 23.1 Å². The highest BCUT2D eigenvalue weighted by Gasteiger charge is 2.05. The number of anilines is 4. The molecule has 0 spiro atoms. The molecule has 1 heterocycles. The van der Waals surface area contributed by atoms with Gasteiger partial charge in [0.25, 0.3) is 0 Å². The third-order valence-electron chi connectivity index (χ3n) is 3.10. The Kier molecular flexibility index (Phi) is 4.73. The van der Waals surface area contributed by atoms with Crippen LogP contribution in [-0.2, 0) is 0 Å². The topological polar surface area (TPSA) is 62.7 Å². The molecule has 1 aromatic heterocycles. The van der Waals surface area contributed by atoms with E-state index in [1.54, 1.807) is 6.20 Å². The number of hydrogen-bond acceptors (Lipinski definition) is 5. The van der Waals surface area contributed by atoms with Crippen LogP contribution in [0.1, 0.15) is 5.56 Å². The molecule has 0 saturated heterocycles. The lowest BCUT2D eigenvalue weighted by Crippen LogP contribution is -2.03. The van der Waals surface area contributed by atoms with E-state index >= 15 is 0 Å². The van der Waals surface area contributed by atoms with Crippen LogP contribution in [0.3, 0.4) is 0 Å². The Morgan fingerprint density at radius 1 is 1.09 bits per heavy atom. The van der Waals surface area contributed by atoms with Crippen LogP contribution in [0, 0.1) is 6.92 Å². The fourth-order valence-electron chi connectivity index (χ4n) is 1.98. The number of nitrogens with zero attached hydrogens (tertiary/aromatic N) is 3. The number of hydrogen-bond donors (Lipinski definition) is 2. The molecule has 0 aliphatic heterocycles. The first-order chi connectivity index (χ1) is 11.1. The quantitative estimate of drug-likeness (QED) is 0.650. The summed E-state index contributed by atoms with van der Waals surface area (Å²) in [7, 11) is 0. The summed E-state index contributed by atoms with van der Waals surface area (Å²) in [4.78, 5) is 4.41. The van der Waals surface area contributed by atoms with E-state index in [1.165, 1.54) is 0 Å². The van der Waals surface area contributed by atoms with Gasteiger partial charge in [-0.1, -0.05) is 39.7 Å². The monoisotopic (exact) mass is 389 g/mol. The maximum Gasteiger partial charge on any atom is 0.249 e. The molecule has 3 rings (SSSR count). The number of benzene rings is 2. The van der Waals surface area contributed by atoms with E-state index in [0.29, 0.717) is 16.8 Å². The van der Waals surface area contributed by atoms with Gasteiger partial charge in [-0.05, 0) is 42.8 Å². The smallest absolute Gasteiger partial charge is 0.249 e. The lowest BCUT2D eigenvalue weighted by atomic mass is 10.2. The molecule has 7 heteroatoms. The molecule has 0 aliphatic carbocycles. The van der Waals surface area contributed by atoms with Crippen molar-refractivity contribution in [1.82, 2.24) is 15.2 Å². The van der Waals surface area contributed by atoms with Crippen molar-refractivity contribution in [3.63, 3.8) is 0 Å². The van der Waals surface area contributed by atoms with Crippen molar-refractivity contribution >= 4 is 50.7 Å². The summed E-state index contributed by atoms with van der Waals surface area (Å²) in [5, 5.41) is 14.9. The van der Waals surface area contributed by atoms with Gasteiger partial charge >= 0.3 is 0 Å². The van der Waals surface area contributed by atoms with Crippen LogP contribution in [-0.4, -0.2) is 15.2 Å². The molecule has 5 nitrogen and oxygen atoms in total. The van der Waals surface area contributed by atoms with Gasteiger partial charge in [-0.3, -0.25) is 0 Å². The van der Waals surface area contributed by atoms with Gasteiger partial charge in [0.05, 0.1) is 6.20 Å². The lowest BCUT2D eigenvalue weighted by Gasteiger charge is -2.10. The molecule has 2 aromatic carbocycles. The van der Waals surface area contributed by atoms with Gasteiger partial charge in [0.2, 0.25) is 5.95 Å². The fraction of sp³-hybridized carbons (Fsp3) is 0.0625. The van der Waals surface area contributed by atoms with Crippen molar-refractivity contribution in [2.45, 2.75) is 6.92 Å². The third kappa shape index (κ3) is 4.18. The summed E-state index contributed by atoms with van der Waals surface area (Å²) in [5.74, 6) is 0.996. The average molecular weight is 391 g/mol. The highest BCUT2D eigenvalue weighted by molar-refractivity contribution is 9.10. The van der Waals surface area contributed by atoms with Gasteiger partial charge in [-0.2, -0.15) is 10.1 Å². The van der Waals surface area contributed by atoms with Gasteiger partial charge in [0.15, 0.2) is 5.82 Å². The molecule has 0 amide bonds. The molecule has 0 unspecified atom stereocenters. The number of nitrogens with one attached hydrogen (secondary N) is 2. The second-order valence-corrected chi connectivity index (χ2v) is 6.24. The Morgan fingerprint density at radius 2 is 1.96 bits per heavy atom. The highest BCUT2D eigenvalue weighted by atomic mass is 79.9. The Bertz CT molecular complexity index is 840. The van der Waals surface area contributed by atoms with Crippen molar-refractivity contribution in [3.05, 3.63) is 63.7 Å². The standard InChI is InChI=1S/C16H13BrClN5/c1-10-5-6-12(18)8-14(10)21-16-22-15(9-19-23-16)20-13-4-2-3-11(17)7-13/h2-9H,1H3,(H2,20,21,22,23). The van der Waals surface area contributed by atoms with Crippen molar-refractivity contribution in [2.75, 3.05) is 10.6 Å². The first-order valence-electron chi connectivity index (χ1n) is 6.86. The zero-order valence-corrected chi connectivity index (χ0v) is 14.6. The molecule has 23 heavy (non-hydrogen) atoms. The van der Waals surface area contributed by atoms with E-state index < -0.39 is 0 Å². The van der Waals surface area contributed by atoms with Gasteiger partial charge in [-0.15, -0.1) is 5.10 Å². The number of rotatable bonds is 4. The second kappa shape index (κ2) is 6.93. The van der Waals surface area contributed by atoms with Crippen LogP contribution in [0.25, 0.3) is 0 Å². The minimum Gasteiger partial charge on any atom is -0.339 e. The van der Waals surface area contributed by atoms with E-state index in [0.717, 1.165) is 21.4 Å². The van der Waals surface area contributed by atoms with E-state index in [2.05, 4.69) is 41.7 Å². The zero-order valence-electron chi connectivity index (χ0n) is 12.2. The van der Waals surface area contributed by atoms with Crippen LogP contribution in [0.2, 0.25) is 5.02 Å². The largest absolute Gasteiger partial charge is 0.339 e. The molecule has 0 fully saturated rings. The maximum atomic E-state index is 6.02. The summed E-state index contributed by atoms with van der Waals surface area (Å²) in [5.41, 5.74) is 2.80. The molecular formula is C16H13BrClN5. The second-order valence-electron chi connectivity index (χ2n) is 4.88. The minimum atomic E-state index is 0.398. The number of aromatic nitrogens is 3. The van der Waals surface area contributed by atoms with E-state index in [-0.39, 0.29) is 0 Å². The highest BCUT2D eigenvalue weighted by Crippen LogP contribution is 2.23. The molecule has 2 N–H and O–H groups in total. The Labute approximate surface area is 147 Å². The number of halogens is 2. The van der Waals surface area contributed by atoms with E-state index in [4.69, 9.17) is 11.6 Å². The van der Waals surface area contributed by atoms with Crippen LogP contribution in [0.15, 0.2) is 53.1 Å². The fourth-order valence-corrected chi connectivity index (χ4v) is 2.55. The van der Waals surface area contributed by atoms with Crippen molar-refractivity contribution in [2.24, 2.45) is 0 Å². The van der Waals surface area contributed by atoms with Gasteiger partial charge < -0.3 is 10.6 Å². The number of aryl methyl sites for hydroxylation is 1. The van der Waals surface area contributed by atoms with Gasteiger partial charge in [0.1, 0.15) is 0 Å². The SMILES string of the molecule is Cc1ccc(Cl)cc1Nc1nncc(Nc2cccc(Br)c2)n1. The van der Waals surface area contributed by atoms with E-state index in [9.17, 15) is 0 Å². The molecule has 116 valence electrons. The maximum absolute atomic E-state index is 6.02. The molecule has 0 radical (unpaired) electrons. The molecule has 3 aromatic rings. The van der Waals surface area contributed by atoms with Crippen LogP contribution < -0.4 is 10.6 Å². The molecule has 0 saturated carbocycles. The van der Waals surface area contributed by atoms with Crippen molar-refractivity contribution in [1.29, 1.82) is 0 Å². The summed E-state index contributed by atoms with van der Waals surface area (Å²) in [6.45, 7) is 1.98. The molecule has 0 atom stereocenters. The zero-order chi connectivity index (χ0) is 16.2. The van der Waals surface area contributed by atoms with Crippen molar-refractivity contribution < 1.29 is 0 Å². The third-order valence-corrected chi connectivity index (χ3v) is 3.83. The van der Waals surface area contributed by atoms with Crippen molar-refractivity contribution in [3.8, 4) is 0 Å². The molecule has 0 bridgehead atoms. The predicted molar refractivity (Wildman–Crippen MR) is 96.7 cm³/mol. The summed E-state index contributed by atoms with van der Waals surface area (Å²) < 4.78 is 0.984. The lowest BCUT2D eigenvalue weighted by molar-refractivity contribution is 0.982. The predicted octanol–water partition coefficient (Wildman–Crippen LogP) is 5.08. The molecule has 0 aliphatic rings. The van der Waals surface area contributed by atoms with Gasteiger partial charge in [-0.25, -0.2) is 0 Å². The molecular weight excluding hydrogens is 378 g/mol. The van der Waals surface area contributed by atoms with E-state index in [1.807, 2.05) is 49.4 Å². The first-order valence-corrected chi connectivity index (χ1v) is 8.03. The Hall–Kier alpha value is -2.18. The summed E-state index contributed by atoms with van der Waals surface area (Å²) in [6.07, 6.45) is 1.57. The van der Waals surface area contributed by atoms with Crippen LogP contribution >= 0.6 is 27.5 Å². The van der Waals surface area contributed by atoms with Gasteiger partial charge in [0, 0.05) is 20.9 Å². The Morgan fingerprint density at radius 3 is 2.78 bits per heavy atom. The summed E-state index contributed by atoms with van der Waals surface area (Å²) in [6, 6.07) is 13.4. The summed E-state index contributed by atoms with van der Waals surface area (Å²) >= 11 is 9.46. The van der Waals surface area contributed by atoms with Crippen LogP contribution in [0.5, 0.6) is 0 Å². The first kappa shape index (κ1) is 15.7. The Balaban J connectivity index is 1.81. The average Bonchev–Trinajstić information content (AvgIpc) is 2.51.